The second kappa shape index (κ2) is 9.25. The molecule has 1 aromatic carbocycles. The molecule has 1 heterocycles. The predicted molar refractivity (Wildman–Crippen MR) is 94.0 cm³/mol. The fourth-order valence-electron chi connectivity index (χ4n) is 3.16. The molecule has 2 rings (SSSR count). The lowest BCUT2D eigenvalue weighted by Gasteiger charge is -2.37. The van der Waals surface area contributed by atoms with Crippen molar-refractivity contribution in [3.63, 3.8) is 0 Å². The molecule has 1 fully saturated rings. The van der Waals surface area contributed by atoms with E-state index in [4.69, 9.17) is 9.47 Å². The smallest absolute Gasteiger partial charge is 0.317 e. The average Bonchev–Trinajstić information content (AvgIpc) is 2.56. The summed E-state index contributed by atoms with van der Waals surface area (Å²) in [6, 6.07) is 2.86. The Labute approximate surface area is 153 Å². The SMILES string of the molecule is COCC1CN(C(=O)NCC(c2c(F)cccc2F)N(C)C)CC(C)O1. The fraction of sp³-hybridized carbons (Fsp3) is 0.611. The van der Waals surface area contributed by atoms with Gasteiger partial charge in [0, 0.05) is 25.8 Å². The monoisotopic (exact) mass is 371 g/mol. The molecule has 0 bridgehead atoms. The van der Waals surface area contributed by atoms with E-state index in [-0.39, 0.29) is 30.3 Å². The van der Waals surface area contributed by atoms with Crippen molar-refractivity contribution >= 4 is 6.03 Å². The number of rotatable bonds is 6. The summed E-state index contributed by atoms with van der Waals surface area (Å²) in [6.45, 7) is 3.23. The Morgan fingerprint density at radius 2 is 2.04 bits per heavy atom. The third-order valence-corrected chi connectivity index (χ3v) is 4.37. The molecule has 1 saturated heterocycles. The van der Waals surface area contributed by atoms with Crippen molar-refractivity contribution in [1.82, 2.24) is 15.1 Å². The maximum atomic E-state index is 14.1. The molecule has 0 aliphatic carbocycles. The van der Waals surface area contributed by atoms with Crippen molar-refractivity contribution in [3.8, 4) is 0 Å². The number of hydrogen-bond donors (Lipinski definition) is 1. The van der Waals surface area contributed by atoms with Gasteiger partial charge in [-0.2, -0.15) is 0 Å². The molecule has 3 atom stereocenters. The Bertz CT molecular complexity index is 595. The minimum Gasteiger partial charge on any atom is -0.382 e. The molecular formula is C18H27F2N3O3. The van der Waals surface area contributed by atoms with Gasteiger partial charge in [0.15, 0.2) is 0 Å². The number of amides is 2. The largest absolute Gasteiger partial charge is 0.382 e. The second-order valence-corrected chi connectivity index (χ2v) is 6.73. The van der Waals surface area contributed by atoms with E-state index in [1.165, 1.54) is 18.2 Å². The van der Waals surface area contributed by atoms with E-state index < -0.39 is 17.7 Å². The lowest BCUT2D eigenvalue weighted by atomic mass is 10.0. The van der Waals surface area contributed by atoms with Crippen LogP contribution in [0.5, 0.6) is 0 Å². The number of nitrogens with zero attached hydrogens (tertiary/aromatic N) is 2. The van der Waals surface area contributed by atoms with E-state index in [1.54, 1.807) is 31.0 Å². The zero-order valence-electron chi connectivity index (χ0n) is 15.7. The summed E-state index contributed by atoms with van der Waals surface area (Å²) in [5.41, 5.74) is -0.0506. The molecule has 26 heavy (non-hydrogen) atoms. The Morgan fingerprint density at radius 1 is 1.38 bits per heavy atom. The number of urea groups is 1. The minimum atomic E-state index is -0.627. The third-order valence-electron chi connectivity index (χ3n) is 4.37. The molecule has 8 heteroatoms. The van der Waals surface area contributed by atoms with Crippen LogP contribution in [-0.4, -0.2) is 75.5 Å². The molecule has 146 valence electrons. The van der Waals surface area contributed by atoms with E-state index in [9.17, 15) is 13.6 Å². The van der Waals surface area contributed by atoms with Crippen LogP contribution < -0.4 is 5.32 Å². The first kappa shape index (κ1) is 20.5. The lowest BCUT2D eigenvalue weighted by Crippen LogP contribution is -2.54. The van der Waals surface area contributed by atoms with Gasteiger partial charge in [-0.3, -0.25) is 0 Å². The van der Waals surface area contributed by atoms with Crippen molar-refractivity contribution in [1.29, 1.82) is 0 Å². The zero-order chi connectivity index (χ0) is 19.3. The number of carbonyl (C=O) groups excluding carboxylic acids is 1. The molecule has 2 amide bonds. The van der Waals surface area contributed by atoms with Gasteiger partial charge < -0.3 is 24.6 Å². The van der Waals surface area contributed by atoms with Crippen molar-refractivity contribution in [2.24, 2.45) is 0 Å². The van der Waals surface area contributed by atoms with Gasteiger partial charge in [0.25, 0.3) is 0 Å². The van der Waals surface area contributed by atoms with Crippen molar-refractivity contribution < 1.29 is 23.0 Å². The molecule has 1 aliphatic rings. The molecular weight excluding hydrogens is 344 g/mol. The molecule has 1 aromatic rings. The van der Waals surface area contributed by atoms with E-state index in [0.717, 1.165) is 0 Å². The first-order valence-electron chi connectivity index (χ1n) is 8.61. The maximum Gasteiger partial charge on any atom is 0.317 e. The summed E-state index contributed by atoms with van der Waals surface area (Å²) in [7, 11) is 5.01. The topological polar surface area (TPSA) is 54.0 Å². The van der Waals surface area contributed by atoms with Crippen LogP contribution in [0.4, 0.5) is 13.6 Å². The summed E-state index contributed by atoms with van der Waals surface area (Å²) >= 11 is 0. The first-order chi connectivity index (χ1) is 12.3. The summed E-state index contributed by atoms with van der Waals surface area (Å²) in [5, 5.41) is 2.79. The van der Waals surface area contributed by atoms with E-state index >= 15 is 0 Å². The van der Waals surface area contributed by atoms with Gasteiger partial charge in [0.1, 0.15) is 11.6 Å². The van der Waals surface area contributed by atoms with Crippen LogP contribution in [0.3, 0.4) is 0 Å². The van der Waals surface area contributed by atoms with Crippen LogP contribution >= 0.6 is 0 Å². The van der Waals surface area contributed by atoms with E-state index in [2.05, 4.69) is 5.32 Å². The molecule has 0 aromatic heterocycles. The van der Waals surface area contributed by atoms with Gasteiger partial charge >= 0.3 is 6.03 Å². The number of morpholine rings is 1. The number of hydrogen-bond acceptors (Lipinski definition) is 4. The highest BCUT2D eigenvalue weighted by Crippen LogP contribution is 2.24. The molecule has 1 aliphatic heterocycles. The molecule has 1 N–H and O–H groups in total. The van der Waals surface area contributed by atoms with Gasteiger partial charge in [0.05, 0.1) is 31.4 Å². The number of halogens is 2. The van der Waals surface area contributed by atoms with Crippen LogP contribution in [0.15, 0.2) is 18.2 Å². The summed E-state index contributed by atoms with van der Waals surface area (Å²) < 4.78 is 39.0. The minimum absolute atomic E-state index is 0.0506. The van der Waals surface area contributed by atoms with E-state index in [0.29, 0.717) is 19.7 Å². The van der Waals surface area contributed by atoms with Gasteiger partial charge in [0.2, 0.25) is 0 Å². The number of ether oxygens (including phenoxy) is 2. The number of nitrogens with one attached hydrogen (secondary N) is 1. The normalized spacial score (nSPS) is 21.7. The Kier molecular flexibility index (Phi) is 7.31. The second-order valence-electron chi connectivity index (χ2n) is 6.73. The van der Waals surface area contributed by atoms with Crippen LogP contribution in [0, 0.1) is 11.6 Å². The van der Waals surface area contributed by atoms with Crippen LogP contribution in [0.25, 0.3) is 0 Å². The Hall–Kier alpha value is -1.77. The summed E-state index contributed by atoms with van der Waals surface area (Å²) in [4.78, 5) is 15.9. The standard InChI is InChI=1S/C18H27F2N3O3/c1-12-9-23(10-13(26-12)11-25-4)18(24)21-8-16(22(2)3)17-14(19)6-5-7-15(17)20/h5-7,12-13,16H,8-11H2,1-4H3,(H,21,24). The molecule has 0 saturated carbocycles. The average molecular weight is 371 g/mol. The van der Waals surface area contributed by atoms with Gasteiger partial charge in [-0.05, 0) is 33.2 Å². The fourth-order valence-corrected chi connectivity index (χ4v) is 3.16. The highest BCUT2D eigenvalue weighted by atomic mass is 19.1. The predicted octanol–water partition coefficient (Wildman–Crippen LogP) is 2.01. The van der Waals surface area contributed by atoms with E-state index in [1.807, 2.05) is 6.92 Å². The number of likely N-dealkylation sites (N-methyl/N-ethyl adjacent to an activating group) is 1. The number of methoxy groups -OCH3 is 1. The highest BCUT2D eigenvalue weighted by molar-refractivity contribution is 5.74. The van der Waals surface area contributed by atoms with Crippen LogP contribution in [0.2, 0.25) is 0 Å². The lowest BCUT2D eigenvalue weighted by molar-refractivity contribution is -0.0897. The summed E-state index contributed by atoms with van der Waals surface area (Å²) in [6.07, 6.45) is -0.300. The molecule has 0 radical (unpaired) electrons. The van der Waals surface area contributed by atoms with Crippen LogP contribution in [0.1, 0.15) is 18.5 Å². The van der Waals surface area contributed by atoms with Crippen molar-refractivity contribution in [3.05, 3.63) is 35.4 Å². The quantitative estimate of drug-likeness (QED) is 0.831. The van der Waals surface area contributed by atoms with Gasteiger partial charge in [-0.25, -0.2) is 13.6 Å². The van der Waals surface area contributed by atoms with Gasteiger partial charge in [-0.1, -0.05) is 6.07 Å². The summed E-state index contributed by atoms with van der Waals surface area (Å²) in [5.74, 6) is -1.25. The third kappa shape index (κ3) is 5.12. The Balaban J connectivity index is 2.03. The molecule has 0 spiro atoms. The van der Waals surface area contributed by atoms with Crippen molar-refractivity contribution in [2.45, 2.75) is 25.2 Å². The van der Waals surface area contributed by atoms with Crippen molar-refractivity contribution in [2.75, 3.05) is 47.4 Å². The number of benzene rings is 1. The highest BCUT2D eigenvalue weighted by Gasteiger charge is 2.29. The van der Waals surface area contributed by atoms with Crippen LogP contribution in [-0.2, 0) is 9.47 Å². The first-order valence-corrected chi connectivity index (χ1v) is 8.61. The van der Waals surface area contributed by atoms with Gasteiger partial charge in [-0.15, -0.1) is 0 Å². The Morgan fingerprint density at radius 3 is 2.62 bits per heavy atom. The number of carbonyl (C=O) groups is 1. The molecule has 3 unspecified atom stereocenters. The maximum absolute atomic E-state index is 14.1. The molecule has 6 nitrogen and oxygen atoms in total. The zero-order valence-corrected chi connectivity index (χ0v) is 15.7.